The molecule has 70 valence electrons. The molecule has 0 bridgehead atoms. The number of aromatic hydroxyl groups is 2. The van der Waals surface area contributed by atoms with Crippen LogP contribution in [0.25, 0.3) is 10.8 Å². The number of benzene rings is 2. The molecule has 0 atom stereocenters. The minimum atomic E-state index is -0.156. The molecule has 2 N–H and O–H groups in total. The number of phenols is 2. The number of carbonyl (C=O) groups is 1. The smallest absolute Gasteiger partial charge is 0.165 e. The third-order valence-electron chi connectivity index (χ3n) is 2.13. The van der Waals surface area contributed by atoms with E-state index in [9.17, 15) is 15.0 Å². The van der Waals surface area contributed by atoms with Crippen LogP contribution < -0.4 is 0 Å². The number of hydrogen-bond donors (Lipinski definition) is 2. The molecule has 3 heteroatoms. The van der Waals surface area contributed by atoms with E-state index < -0.39 is 0 Å². The Kier molecular flexibility index (Phi) is 1.85. The van der Waals surface area contributed by atoms with E-state index in [0.29, 0.717) is 10.9 Å². The van der Waals surface area contributed by atoms with E-state index >= 15 is 0 Å². The molecule has 0 fully saturated rings. The van der Waals surface area contributed by atoms with Gasteiger partial charge < -0.3 is 10.2 Å². The zero-order valence-electron chi connectivity index (χ0n) is 7.27. The lowest BCUT2D eigenvalue weighted by Gasteiger charge is -2.03. The summed E-state index contributed by atoms with van der Waals surface area (Å²) >= 11 is 0. The number of fused-ring (bicyclic) bond motifs is 1. The maximum Gasteiger partial charge on any atom is 0.165 e. The predicted molar refractivity (Wildman–Crippen MR) is 52.7 cm³/mol. The highest BCUT2D eigenvalue weighted by Crippen LogP contribution is 2.33. The summed E-state index contributed by atoms with van der Waals surface area (Å²) in [6.45, 7) is 0. The Hall–Kier alpha value is -2.03. The summed E-state index contributed by atoms with van der Waals surface area (Å²) in [5.74, 6) is -0.309. The molecule has 2 rings (SSSR count). The lowest BCUT2D eigenvalue weighted by Crippen LogP contribution is -1.80. The first-order valence-electron chi connectivity index (χ1n) is 4.12. The highest BCUT2D eigenvalue weighted by Gasteiger charge is 2.04. The quantitative estimate of drug-likeness (QED) is 0.532. The first-order valence-corrected chi connectivity index (χ1v) is 4.12. The van der Waals surface area contributed by atoms with Crippen molar-refractivity contribution in [3.8, 4) is 11.5 Å². The number of hydrogen-bond acceptors (Lipinski definition) is 3. The molecule has 0 aliphatic rings. The standard InChI is InChI=1S/C11H8O3/c12-6-7-1-3-9-8(5-7)2-4-10(13)11(9)14/h1-6,13-14H. The normalized spacial score (nSPS) is 10.3. The van der Waals surface area contributed by atoms with Crippen molar-refractivity contribution in [2.24, 2.45) is 0 Å². The van der Waals surface area contributed by atoms with E-state index in [2.05, 4.69) is 0 Å². The molecule has 0 saturated carbocycles. The molecule has 0 aliphatic carbocycles. The average Bonchev–Trinajstić information content (AvgIpc) is 2.23. The van der Waals surface area contributed by atoms with Gasteiger partial charge >= 0.3 is 0 Å². The van der Waals surface area contributed by atoms with Crippen molar-refractivity contribution in [1.29, 1.82) is 0 Å². The van der Waals surface area contributed by atoms with Gasteiger partial charge in [-0.2, -0.15) is 0 Å². The Labute approximate surface area is 80.2 Å². The van der Waals surface area contributed by atoms with Crippen molar-refractivity contribution in [1.82, 2.24) is 0 Å². The van der Waals surface area contributed by atoms with Crippen molar-refractivity contribution in [2.45, 2.75) is 0 Å². The maximum atomic E-state index is 10.5. The molecular weight excluding hydrogens is 180 g/mol. The third kappa shape index (κ3) is 1.19. The molecule has 3 nitrogen and oxygen atoms in total. The molecule has 0 aliphatic heterocycles. The Bertz CT molecular complexity index is 503. The van der Waals surface area contributed by atoms with Crippen LogP contribution in [0.5, 0.6) is 11.5 Å². The highest BCUT2D eigenvalue weighted by atomic mass is 16.3. The van der Waals surface area contributed by atoms with Gasteiger partial charge in [0.25, 0.3) is 0 Å². The Balaban J connectivity index is 2.81. The molecule has 0 heterocycles. The zero-order valence-corrected chi connectivity index (χ0v) is 7.27. The van der Waals surface area contributed by atoms with Gasteiger partial charge in [-0.25, -0.2) is 0 Å². The lowest BCUT2D eigenvalue weighted by atomic mass is 10.1. The molecule has 2 aromatic carbocycles. The fourth-order valence-corrected chi connectivity index (χ4v) is 1.39. The lowest BCUT2D eigenvalue weighted by molar-refractivity contribution is 0.112. The average molecular weight is 188 g/mol. The van der Waals surface area contributed by atoms with Gasteiger partial charge in [0.1, 0.15) is 6.29 Å². The number of rotatable bonds is 1. The van der Waals surface area contributed by atoms with Gasteiger partial charge in [0.15, 0.2) is 11.5 Å². The number of carbonyl (C=O) groups excluding carboxylic acids is 1. The molecule has 0 unspecified atom stereocenters. The molecular formula is C11H8O3. The summed E-state index contributed by atoms with van der Waals surface area (Å²) in [5.41, 5.74) is 0.544. The van der Waals surface area contributed by atoms with Gasteiger partial charge in [-0.15, -0.1) is 0 Å². The van der Waals surface area contributed by atoms with Crippen molar-refractivity contribution < 1.29 is 15.0 Å². The van der Waals surface area contributed by atoms with Crippen molar-refractivity contribution in [3.63, 3.8) is 0 Å². The molecule has 0 aromatic heterocycles. The largest absolute Gasteiger partial charge is 0.504 e. The van der Waals surface area contributed by atoms with Gasteiger partial charge in [-0.3, -0.25) is 4.79 Å². The topological polar surface area (TPSA) is 57.5 Å². The summed E-state index contributed by atoms with van der Waals surface area (Å²) in [7, 11) is 0. The second-order valence-electron chi connectivity index (χ2n) is 3.03. The Morgan fingerprint density at radius 1 is 1.07 bits per heavy atom. The monoisotopic (exact) mass is 188 g/mol. The predicted octanol–water partition coefficient (Wildman–Crippen LogP) is 2.06. The van der Waals surface area contributed by atoms with Crippen LogP contribution in [-0.2, 0) is 0 Å². The van der Waals surface area contributed by atoms with Crippen LogP contribution in [0, 0.1) is 0 Å². The fraction of sp³-hybridized carbons (Fsp3) is 0. The first-order chi connectivity index (χ1) is 6.72. The number of aldehydes is 1. The minimum Gasteiger partial charge on any atom is -0.504 e. The van der Waals surface area contributed by atoms with E-state index in [4.69, 9.17) is 0 Å². The van der Waals surface area contributed by atoms with Gasteiger partial charge in [0.2, 0.25) is 0 Å². The second-order valence-corrected chi connectivity index (χ2v) is 3.03. The van der Waals surface area contributed by atoms with Crippen molar-refractivity contribution in [3.05, 3.63) is 35.9 Å². The van der Waals surface area contributed by atoms with Gasteiger partial charge in [0.05, 0.1) is 0 Å². The molecule has 0 radical (unpaired) electrons. The van der Waals surface area contributed by atoms with Crippen LogP contribution >= 0.6 is 0 Å². The van der Waals surface area contributed by atoms with E-state index in [1.54, 1.807) is 24.3 Å². The van der Waals surface area contributed by atoms with E-state index in [0.717, 1.165) is 11.7 Å². The molecule has 14 heavy (non-hydrogen) atoms. The third-order valence-corrected chi connectivity index (χ3v) is 2.13. The van der Waals surface area contributed by atoms with Gasteiger partial charge in [-0.05, 0) is 23.6 Å². The van der Waals surface area contributed by atoms with E-state index in [-0.39, 0.29) is 11.5 Å². The van der Waals surface area contributed by atoms with Crippen LogP contribution in [0.3, 0.4) is 0 Å². The van der Waals surface area contributed by atoms with Crippen LogP contribution in [0.2, 0.25) is 0 Å². The summed E-state index contributed by atoms with van der Waals surface area (Å²) in [6.07, 6.45) is 0.739. The zero-order chi connectivity index (χ0) is 10.1. The Morgan fingerprint density at radius 3 is 2.57 bits per heavy atom. The van der Waals surface area contributed by atoms with E-state index in [1.807, 2.05) is 0 Å². The van der Waals surface area contributed by atoms with Gasteiger partial charge in [-0.1, -0.05) is 12.1 Å². The number of phenolic OH excluding ortho intramolecular Hbond substituents is 2. The van der Waals surface area contributed by atoms with Crippen LogP contribution in [0.1, 0.15) is 10.4 Å². The van der Waals surface area contributed by atoms with Gasteiger partial charge in [0, 0.05) is 10.9 Å². The SMILES string of the molecule is O=Cc1ccc2c(O)c(O)ccc2c1. The Morgan fingerprint density at radius 2 is 1.86 bits per heavy atom. The molecule has 0 amide bonds. The van der Waals surface area contributed by atoms with Crippen LogP contribution in [0.4, 0.5) is 0 Å². The molecule has 2 aromatic rings. The first kappa shape index (κ1) is 8.56. The summed E-state index contributed by atoms with van der Waals surface area (Å²) in [6, 6.07) is 7.90. The van der Waals surface area contributed by atoms with Crippen LogP contribution in [0.15, 0.2) is 30.3 Å². The summed E-state index contributed by atoms with van der Waals surface area (Å²) in [4.78, 5) is 10.5. The summed E-state index contributed by atoms with van der Waals surface area (Å²) in [5, 5.41) is 20.0. The van der Waals surface area contributed by atoms with Crippen molar-refractivity contribution >= 4 is 17.1 Å². The second kappa shape index (κ2) is 3.03. The maximum absolute atomic E-state index is 10.5. The fourth-order valence-electron chi connectivity index (χ4n) is 1.39. The molecule has 0 spiro atoms. The summed E-state index contributed by atoms with van der Waals surface area (Å²) < 4.78 is 0. The van der Waals surface area contributed by atoms with Crippen LogP contribution in [-0.4, -0.2) is 16.5 Å². The molecule has 0 saturated heterocycles. The van der Waals surface area contributed by atoms with E-state index in [1.165, 1.54) is 6.07 Å². The van der Waals surface area contributed by atoms with Crippen molar-refractivity contribution in [2.75, 3.05) is 0 Å². The highest BCUT2D eigenvalue weighted by molar-refractivity contribution is 5.94. The minimum absolute atomic E-state index is 0.153.